The first kappa shape index (κ1) is 13.1. The predicted molar refractivity (Wildman–Crippen MR) is 67.9 cm³/mol. The van der Waals surface area contributed by atoms with Crippen LogP contribution in [0.1, 0.15) is 39.0 Å². The highest BCUT2D eigenvalue weighted by molar-refractivity contribution is 5.85. The average molecular weight is 251 g/mol. The summed E-state index contributed by atoms with van der Waals surface area (Å²) in [7, 11) is 0. The Morgan fingerprint density at radius 2 is 2.17 bits per heavy atom. The molecule has 18 heavy (non-hydrogen) atoms. The largest absolute Gasteiger partial charge is 0.480 e. The van der Waals surface area contributed by atoms with E-state index in [-0.39, 0.29) is 11.8 Å². The van der Waals surface area contributed by atoms with Crippen LogP contribution in [-0.2, 0) is 9.59 Å². The zero-order chi connectivity index (χ0) is 13.1. The molecule has 4 nitrogen and oxygen atoms in total. The molecule has 2 rings (SSSR count). The fourth-order valence-electron chi connectivity index (χ4n) is 3.03. The van der Waals surface area contributed by atoms with Crippen LogP contribution in [0.2, 0.25) is 0 Å². The van der Waals surface area contributed by atoms with Crippen molar-refractivity contribution in [1.82, 2.24) is 5.32 Å². The molecule has 0 spiro atoms. The maximum atomic E-state index is 12.1. The maximum Gasteiger partial charge on any atom is 0.326 e. The van der Waals surface area contributed by atoms with Gasteiger partial charge in [0.15, 0.2) is 0 Å². The Morgan fingerprint density at radius 3 is 2.67 bits per heavy atom. The van der Waals surface area contributed by atoms with Crippen LogP contribution >= 0.6 is 0 Å². The number of carboxylic acids is 1. The molecule has 1 fully saturated rings. The summed E-state index contributed by atoms with van der Waals surface area (Å²) in [4.78, 5) is 23.2. The molecule has 0 aromatic rings. The van der Waals surface area contributed by atoms with Gasteiger partial charge in [0.2, 0.25) is 5.91 Å². The molecule has 0 aliphatic heterocycles. The molecule has 0 aromatic heterocycles. The van der Waals surface area contributed by atoms with E-state index in [4.69, 9.17) is 5.11 Å². The second-order valence-electron chi connectivity index (χ2n) is 5.43. The zero-order valence-corrected chi connectivity index (χ0v) is 10.8. The molecule has 1 amide bonds. The highest BCUT2D eigenvalue weighted by Gasteiger charge is 2.40. The standard InChI is InChI=1S/C14H21NO3/c1-2-3-4-12(14(17)18)15-13(16)11-8-9-5-6-10(11)7-9/h5-6,9-12H,2-4,7-8H2,1H3,(H,15,16)(H,17,18)/t9?,10?,11?,12-/m0/s1. The van der Waals surface area contributed by atoms with Crippen molar-refractivity contribution in [2.45, 2.75) is 45.1 Å². The minimum absolute atomic E-state index is 0.0107. The Hall–Kier alpha value is -1.32. The highest BCUT2D eigenvalue weighted by atomic mass is 16.4. The first-order chi connectivity index (χ1) is 8.61. The number of hydrogen-bond donors (Lipinski definition) is 2. The van der Waals surface area contributed by atoms with Gasteiger partial charge in [-0.25, -0.2) is 4.79 Å². The first-order valence-corrected chi connectivity index (χ1v) is 6.83. The Morgan fingerprint density at radius 1 is 1.39 bits per heavy atom. The molecular formula is C14H21NO3. The Balaban J connectivity index is 1.89. The van der Waals surface area contributed by atoms with Crippen LogP contribution in [0.5, 0.6) is 0 Å². The molecule has 0 saturated heterocycles. The number of hydrogen-bond acceptors (Lipinski definition) is 2. The minimum atomic E-state index is -0.921. The highest BCUT2D eigenvalue weighted by Crippen LogP contribution is 2.43. The minimum Gasteiger partial charge on any atom is -0.480 e. The lowest BCUT2D eigenvalue weighted by Crippen LogP contribution is -2.44. The topological polar surface area (TPSA) is 66.4 Å². The third kappa shape index (κ3) is 2.74. The number of unbranched alkanes of at least 4 members (excludes halogenated alkanes) is 1. The average Bonchev–Trinajstić information content (AvgIpc) is 2.95. The summed E-state index contributed by atoms with van der Waals surface area (Å²) in [6.07, 6.45) is 8.52. The third-order valence-electron chi connectivity index (χ3n) is 4.08. The normalized spacial score (nSPS) is 30.4. The second kappa shape index (κ2) is 5.55. The van der Waals surface area contributed by atoms with E-state index in [2.05, 4.69) is 17.5 Å². The number of carbonyl (C=O) groups is 2. The number of carboxylic acid groups (broad SMARTS) is 1. The monoisotopic (exact) mass is 251 g/mol. The first-order valence-electron chi connectivity index (χ1n) is 6.83. The maximum absolute atomic E-state index is 12.1. The molecule has 100 valence electrons. The Labute approximate surface area is 107 Å². The molecule has 0 radical (unpaired) electrons. The van der Waals surface area contributed by atoms with Crippen molar-refractivity contribution in [3.63, 3.8) is 0 Å². The van der Waals surface area contributed by atoms with Gasteiger partial charge in [-0.05, 0) is 31.1 Å². The van der Waals surface area contributed by atoms with E-state index in [1.807, 2.05) is 6.92 Å². The lowest BCUT2D eigenvalue weighted by atomic mass is 9.92. The van der Waals surface area contributed by atoms with E-state index in [1.165, 1.54) is 0 Å². The van der Waals surface area contributed by atoms with E-state index >= 15 is 0 Å². The van der Waals surface area contributed by atoms with E-state index in [0.29, 0.717) is 18.3 Å². The molecule has 0 aromatic carbocycles. The van der Waals surface area contributed by atoms with Crippen LogP contribution in [0.15, 0.2) is 12.2 Å². The van der Waals surface area contributed by atoms with Gasteiger partial charge >= 0.3 is 5.97 Å². The van der Waals surface area contributed by atoms with Crippen LogP contribution in [0.25, 0.3) is 0 Å². The lowest BCUT2D eigenvalue weighted by molar-refractivity contribution is -0.142. The van der Waals surface area contributed by atoms with Crippen molar-refractivity contribution in [1.29, 1.82) is 0 Å². The van der Waals surface area contributed by atoms with Gasteiger partial charge in [-0.2, -0.15) is 0 Å². The van der Waals surface area contributed by atoms with Crippen LogP contribution in [0.4, 0.5) is 0 Å². The molecule has 0 heterocycles. The SMILES string of the molecule is CCCC[C@H](NC(=O)C1CC2C=CC1C2)C(=O)O. The van der Waals surface area contributed by atoms with Gasteiger partial charge in [-0.1, -0.05) is 31.9 Å². The lowest BCUT2D eigenvalue weighted by Gasteiger charge is -2.21. The van der Waals surface area contributed by atoms with Crippen molar-refractivity contribution in [3.05, 3.63) is 12.2 Å². The molecular weight excluding hydrogens is 230 g/mol. The van der Waals surface area contributed by atoms with Gasteiger partial charge in [0.1, 0.15) is 6.04 Å². The van der Waals surface area contributed by atoms with E-state index in [0.717, 1.165) is 25.7 Å². The van der Waals surface area contributed by atoms with Crippen molar-refractivity contribution in [2.24, 2.45) is 17.8 Å². The van der Waals surface area contributed by atoms with Crippen molar-refractivity contribution < 1.29 is 14.7 Å². The molecule has 4 atom stereocenters. The fourth-order valence-corrected chi connectivity index (χ4v) is 3.03. The summed E-state index contributed by atoms with van der Waals surface area (Å²) in [5.74, 6) is -0.144. The quantitative estimate of drug-likeness (QED) is 0.709. The second-order valence-corrected chi connectivity index (χ2v) is 5.43. The van der Waals surface area contributed by atoms with Gasteiger partial charge in [-0.3, -0.25) is 4.79 Å². The number of rotatable bonds is 6. The fraction of sp³-hybridized carbons (Fsp3) is 0.714. The summed E-state index contributed by atoms with van der Waals surface area (Å²) < 4.78 is 0. The van der Waals surface area contributed by atoms with Gasteiger partial charge in [0.05, 0.1) is 0 Å². The Bertz CT molecular complexity index is 364. The molecule has 2 bridgehead atoms. The summed E-state index contributed by atoms with van der Waals surface area (Å²) in [5.41, 5.74) is 0. The van der Waals surface area contributed by atoms with Crippen LogP contribution < -0.4 is 5.32 Å². The van der Waals surface area contributed by atoms with E-state index < -0.39 is 12.0 Å². The van der Waals surface area contributed by atoms with Gasteiger partial charge in [-0.15, -0.1) is 0 Å². The number of carbonyl (C=O) groups excluding carboxylic acids is 1. The van der Waals surface area contributed by atoms with Crippen LogP contribution in [-0.4, -0.2) is 23.0 Å². The zero-order valence-electron chi connectivity index (χ0n) is 10.8. The van der Waals surface area contributed by atoms with Crippen molar-refractivity contribution >= 4 is 11.9 Å². The molecule has 4 heteroatoms. The number of aliphatic carboxylic acids is 1. The molecule has 2 aliphatic carbocycles. The smallest absolute Gasteiger partial charge is 0.326 e. The third-order valence-corrected chi connectivity index (χ3v) is 4.08. The number of allylic oxidation sites excluding steroid dienone is 2. The Kier molecular flexibility index (Phi) is 4.04. The van der Waals surface area contributed by atoms with E-state index in [9.17, 15) is 9.59 Å². The predicted octanol–water partition coefficient (Wildman–Crippen LogP) is 1.96. The van der Waals surface area contributed by atoms with Gasteiger partial charge in [0.25, 0.3) is 0 Å². The molecule has 3 unspecified atom stereocenters. The van der Waals surface area contributed by atoms with Crippen LogP contribution in [0.3, 0.4) is 0 Å². The molecule has 2 aliphatic rings. The molecule has 2 N–H and O–H groups in total. The van der Waals surface area contributed by atoms with Crippen LogP contribution in [0, 0.1) is 17.8 Å². The van der Waals surface area contributed by atoms with Crippen molar-refractivity contribution in [2.75, 3.05) is 0 Å². The van der Waals surface area contributed by atoms with Gasteiger partial charge < -0.3 is 10.4 Å². The summed E-state index contributed by atoms with van der Waals surface area (Å²) in [6, 6.07) is -0.722. The summed E-state index contributed by atoms with van der Waals surface area (Å²) >= 11 is 0. The summed E-state index contributed by atoms with van der Waals surface area (Å²) in [6.45, 7) is 2.02. The molecule has 1 saturated carbocycles. The number of amides is 1. The van der Waals surface area contributed by atoms with Gasteiger partial charge in [0, 0.05) is 5.92 Å². The van der Waals surface area contributed by atoms with E-state index in [1.54, 1.807) is 0 Å². The summed E-state index contributed by atoms with van der Waals surface area (Å²) in [5, 5.41) is 11.8. The number of nitrogens with one attached hydrogen (secondary N) is 1. The van der Waals surface area contributed by atoms with Crippen molar-refractivity contribution in [3.8, 4) is 0 Å². The number of fused-ring (bicyclic) bond motifs is 2.